The number of Topliss-reactive ketones (excluding diaryl/α,β-unsaturated/α-hetero) is 1. The lowest BCUT2D eigenvalue weighted by atomic mass is 9.97. The number of benzene rings is 1. The molecule has 148 valence electrons. The van der Waals surface area contributed by atoms with Gasteiger partial charge in [0.15, 0.2) is 0 Å². The molecule has 1 amide bonds. The molecule has 0 saturated carbocycles. The standard InChI is InChI=1S/C22H26N2O4/c1-4-28-22(27)17-15(3)23-19(18(17)16-10-8-14(2)9-11-16)20(25)21(26)24-12-6-5-7-13-24/h8-11,23H,4-7,12-13H2,1-3H3. The smallest absolute Gasteiger partial charge is 0.340 e. The second-order valence-corrected chi connectivity index (χ2v) is 7.14. The molecule has 1 N–H and O–H groups in total. The van der Waals surface area contributed by atoms with E-state index in [4.69, 9.17) is 4.74 Å². The van der Waals surface area contributed by atoms with Gasteiger partial charge in [0.25, 0.3) is 11.7 Å². The van der Waals surface area contributed by atoms with Crippen molar-refractivity contribution in [2.75, 3.05) is 19.7 Å². The number of aryl methyl sites for hydroxylation is 2. The Balaban J connectivity index is 2.08. The Hall–Kier alpha value is -2.89. The largest absolute Gasteiger partial charge is 0.462 e. The summed E-state index contributed by atoms with van der Waals surface area (Å²) in [5.41, 5.74) is 3.18. The molecule has 1 saturated heterocycles. The minimum absolute atomic E-state index is 0.153. The van der Waals surface area contributed by atoms with Gasteiger partial charge in [-0.05, 0) is 45.6 Å². The number of likely N-dealkylation sites (tertiary alicyclic amines) is 1. The van der Waals surface area contributed by atoms with Gasteiger partial charge in [0, 0.05) is 24.3 Å². The first kappa shape index (κ1) is 19.9. The Morgan fingerprint density at radius 2 is 1.68 bits per heavy atom. The number of piperidine rings is 1. The van der Waals surface area contributed by atoms with Crippen LogP contribution in [0.4, 0.5) is 0 Å². The van der Waals surface area contributed by atoms with Gasteiger partial charge in [-0.3, -0.25) is 9.59 Å². The molecule has 6 heteroatoms. The van der Waals surface area contributed by atoms with Crippen LogP contribution in [-0.4, -0.2) is 47.2 Å². The van der Waals surface area contributed by atoms with Crippen molar-refractivity contribution in [1.29, 1.82) is 0 Å². The molecule has 6 nitrogen and oxygen atoms in total. The van der Waals surface area contributed by atoms with E-state index in [0.717, 1.165) is 24.8 Å². The van der Waals surface area contributed by atoms with Crippen LogP contribution in [0.2, 0.25) is 0 Å². The Morgan fingerprint density at radius 3 is 2.29 bits per heavy atom. The van der Waals surface area contributed by atoms with Crippen LogP contribution in [0.3, 0.4) is 0 Å². The normalized spacial score (nSPS) is 14.0. The summed E-state index contributed by atoms with van der Waals surface area (Å²) >= 11 is 0. The maximum absolute atomic E-state index is 13.1. The molecule has 1 aliphatic heterocycles. The fraction of sp³-hybridized carbons (Fsp3) is 0.409. The maximum Gasteiger partial charge on any atom is 0.340 e. The zero-order chi connectivity index (χ0) is 20.3. The molecule has 0 spiro atoms. The molecule has 0 unspecified atom stereocenters. The minimum atomic E-state index is -0.615. The summed E-state index contributed by atoms with van der Waals surface area (Å²) < 4.78 is 5.20. The molecule has 0 aliphatic carbocycles. The van der Waals surface area contributed by atoms with Gasteiger partial charge in [-0.1, -0.05) is 29.8 Å². The molecular weight excluding hydrogens is 356 g/mol. The Labute approximate surface area is 164 Å². The lowest BCUT2D eigenvalue weighted by Crippen LogP contribution is -2.40. The van der Waals surface area contributed by atoms with Gasteiger partial charge < -0.3 is 14.6 Å². The first-order chi connectivity index (χ1) is 13.4. The van der Waals surface area contributed by atoms with Crippen molar-refractivity contribution in [3.8, 4) is 11.1 Å². The van der Waals surface area contributed by atoms with Crippen LogP contribution >= 0.6 is 0 Å². The van der Waals surface area contributed by atoms with E-state index in [1.54, 1.807) is 18.7 Å². The first-order valence-corrected chi connectivity index (χ1v) is 9.74. The van der Waals surface area contributed by atoms with Gasteiger partial charge >= 0.3 is 5.97 Å². The van der Waals surface area contributed by atoms with Crippen molar-refractivity contribution in [3.05, 3.63) is 46.8 Å². The number of ether oxygens (including phenoxy) is 1. The van der Waals surface area contributed by atoms with Crippen LogP contribution in [0, 0.1) is 13.8 Å². The van der Waals surface area contributed by atoms with Crippen LogP contribution in [0.25, 0.3) is 11.1 Å². The number of carbonyl (C=O) groups excluding carboxylic acids is 3. The van der Waals surface area contributed by atoms with E-state index < -0.39 is 17.7 Å². The van der Waals surface area contributed by atoms with E-state index in [1.807, 2.05) is 31.2 Å². The van der Waals surface area contributed by atoms with E-state index in [2.05, 4.69) is 4.98 Å². The average Bonchev–Trinajstić information content (AvgIpc) is 3.05. The molecule has 1 aromatic heterocycles. The number of rotatable bonds is 5. The Bertz CT molecular complexity index is 890. The summed E-state index contributed by atoms with van der Waals surface area (Å²) in [4.78, 5) is 43.0. The molecule has 2 aromatic rings. The third kappa shape index (κ3) is 3.86. The highest BCUT2D eigenvalue weighted by Gasteiger charge is 2.32. The number of hydrogen-bond donors (Lipinski definition) is 1. The van der Waals surface area contributed by atoms with Gasteiger partial charge in [-0.2, -0.15) is 0 Å². The quantitative estimate of drug-likeness (QED) is 0.486. The molecule has 0 radical (unpaired) electrons. The molecule has 28 heavy (non-hydrogen) atoms. The van der Waals surface area contributed by atoms with E-state index in [1.165, 1.54) is 0 Å². The minimum Gasteiger partial charge on any atom is -0.462 e. The average molecular weight is 382 g/mol. The van der Waals surface area contributed by atoms with Crippen LogP contribution in [0.15, 0.2) is 24.3 Å². The van der Waals surface area contributed by atoms with Gasteiger partial charge in [0.1, 0.15) is 5.69 Å². The van der Waals surface area contributed by atoms with E-state index in [9.17, 15) is 14.4 Å². The molecule has 1 aliphatic rings. The third-order valence-electron chi connectivity index (χ3n) is 5.07. The number of nitrogens with zero attached hydrogens (tertiary/aromatic N) is 1. The number of nitrogens with one attached hydrogen (secondary N) is 1. The highest BCUT2D eigenvalue weighted by Crippen LogP contribution is 2.32. The predicted octanol–water partition coefficient (Wildman–Crippen LogP) is 3.67. The van der Waals surface area contributed by atoms with E-state index in [0.29, 0.717) is 35.5 Å². The molecule has 1 fully saturated rings. The monoisotopic (exact) mass is 382 g/mol. The highest BCUT2D eigenvalue weighted by molar-refractivity contribution is 6.43. The molecule has 2 heterocycles. The number of carbonyl (C=O) groups is 3. The second-order valence-electron chi connectivity index (χ2n) is 7.14. The van der Waals surface area contributed by atoms with Crippen LogP contribution in [0.5, 0.6) is 0 Å². The summed E-state index contributed by atoms with van der Waals surface area (Å²) in [6.45, 7) is 6.82. The summed E-state index contributed by atoms with van der Waals surface area (Å²) in [6, 6.07) is 7.52. The number of aromatic amines is 1. The molecular formula is C22H26N2O4. The number of aromatic nitrogens is 1. The van der Waals surface area contributed by atoms with Gasteiger partial charge in [0.2, 0.25) is 0 Å². The van der Waals surface area contributed by atoms with E-state index >= 15 is 0 Å². The first-order valence-electron chi connectivity index (χ1n) is 9.74. The van der Waals surface area contributed by atoms with E-state index in [-0.39, 0.29) is 12.3 Å². The molecule has 0 atom stereocenters. The van der Waals surface area contributed by atoms with Crippen molar-refractivity contribution < 1.29 is 19.1 Å². The zero-order valence-electron chi connectivity index (χ0n) is 16.6. The van der Waals surface area contributed by atoms with Crippen molar-refractivity contribution in [2.24, 2.45) is 0 Å². The van der Waals surface area contributed by atoms with Crippen LogP contribution in [0.1, 0.15) is 58.3 Å². The third-order valence-corrected chi connectivity index (χ3v) is 5.07. The number of amides is 1. The van der Waals surface area contributed by atoms with Gasteiger partial charge in [0.05, 0.1) is 12.2 Å². The van der Waals surface area contributed by atoms with Crippen LogP contribution < -0.4 is 0 Å². The fourth-order valence-electron chi connectivity index (χ4n) is 3.61. The number of esters is 1. The highest BCUT2D eigenvalue weighted by atomic mass is 16.5. The zero-order valence-corrected chi connectivity index (χ0v) is 16.6. The lowest BCUT2D eigenvalue weighted by Gasteiger charge is -2.25. The number of H-pyrrole nitrogens is 1. The Kier molecular flexibility index (Phi) is 5.97. The summed E-state index contributed by atoms with van der Waals surface area (Å²) in [6.07, 6.45) is 2.88. The topological polar surface area (TPSA) is 79.5 Å². The Morgan fingerprint density at radius 1 is 1.04 bits per heavy atom. The lowest BCUT2D eigenvalue weighted by molar-refractivity contribution is -0.127. The van der Waals surface area contributed by atoms with Crippen molar-refractivity contribution in [1.82, 2.24) is 9.88 Å². The predicted molar refractivity (Wildman–Crippen MR) is 106 cm³/mol. The van der Waals surface area contributed by atoms with Crippen molar-refractivity contribution in [3.63, 3.8) is 0 Å². The van der Waals surface area contributed by atoms with Crippen molar-refractivity contribution in [2.45, 2.75) is 40.0 Å². The summed E-state index contributed by atoms with van der Waals surface area (Å²) in [5.74, 6) is -1.64. The molecule has 1 aromatic carbocycles. The SMILES string of the molecule is CCOC(=O)c1c(C)[nH]c(C(=O)C(=O)N2CCCCC2)c1-c1ccc(C)cc1. The summed E-state index contributed by atoms with van der Waals surface area (Å²) in [7, 11) is 0. The number of ketones is 1. The van der Waals surface area contributed by atoms with Crippen molar-refractivity contribution >= 4 is 17.7 Å². The van der Waals surface area contributed by atoms with Gasteiger partial charge in [-0.25, -0.2) is 4.79 Å². The fourth-order valence-corrected chi connectivity index (χ4v) is 3.61. The van der Waals surface area contributed by atoms with Gasteiger partial charge in [-0.15, -0.1) is 0 Å². The molecule has 3 rings (SSSR count). The summed E-state index contributed by atoms with van der Waals surface area (Å²) in [5, 5.41) is 0. The molecule has 0 bridgehead atoms. The van der Waals surface area contributed by atoms with Crippen LogP contribution in [-0.2, 0) is 9.53 Å². The number of hydrogen-bond acceptors (Lipinski definition) is 4. The maximum atomic E-state index is 13.1. The second kappa shape index (κ2) is 8.42.